The number of methoxy groups -OCH3 is 1. The highest BCUT2D eigenvalue weighted by atomic mass is 32.1. The molecule has 0 radical (unpaired) electrons. The second-order valence-electron chi connectivity index (χ2n) is 4.60. The van der Waals surface area contributed by atoms with Crippen LogP contribution in [0, 0.1) is 0 Å². The van der Waals surface area contributed by atoms with Crippen molar-refractivity contribution in [3.8, 4) is 0 Å². The van der Waals surface area contributed by atoms with Gasteiger partial charge in [0.05, 0.1) is 22.9 Å². The number of carbonyl (C=O) groups excluding carboxylic acids is 1. The Bertz CT molecular complexity index is 812. The summed E-state index contributed by atoms with van der Waals surface area (Å²) in [7, 11) is 1.16. The molecule has 0 saturated heterocycles. The maximum Gasteiger partial charge on any atom is 0.338 e. The molecule has 1 aromatic heterocycles. The number of hydrogen-bond acceptors (Lipinski definition) is 4. The van der Waals surface area contributed by atoms with Gasteiger partial charge in [-0.2, -0.15) is 8.78 Å². The van der Waals surface area contributed by atoms with E-state index < -0.39 is 17.5 Å². The first-order chi connectivity index (χ1) is 10.5. The molecule has 1 heterocycles. The smallest absolute Gasteiger partial charge is 0.338 e. The van der Waals surface area contributed by atoms with Crippen molar-refractivity contribution < 1.29 is 18.3 Å². The molecule has 0 amide bonds. The maximum atomic E-state index is 14.8. The molecule has 0 aliphatic heterocycles. The second-order valence-corrected chi connectivity index (χ2v) is 5.63. The van der Waals surface area contributed by atoms with E-state index >= 15 is 0 Å². The van der Waals surface area contributed by atoms with Crippen molar-refractivity contribution in [1.29, 1.82) is 0 Å². The van der Waals surface area contributed by atoms with Crippen LogP contribution >= 0.6 is 11.3 Å². The van der Waals surface area contributed by atoms with Gasteiger partial charge >= 0.3 is 11.9 Å². The lowest BCUT2D eigenvalue weighted by Crippen LogP contribution is -2.19. The van der Waals surface area contributed by atoms with E-state index in [4.69, 9.17) is 0 Å². The number of fused-ring (bicyclic) bond motifs is 1. The number of esters is 1. The van der Waals surface area contributed by atoms with Crippen LogP contribution in [-0.4, -0.2) is 18.1 Å². The Morgan fingerprint density at radius 2 is 1.82 bits per heavy atom. The topological polar surface area (TPSA) is 39.2 Å². The molecular weight excluding hydrogens is 308 g/mol. The monoisotopic (exact) mass is 319 g/mol. The molecule has 0 spiro atoms. The standard InChI is InChI=1S/C16H11F2NO2S/c1-21-14(20)10-6-2-3-7-11(10)16(17,18)15-19-12-8-4-5-9-13(12)22-15/h2-9H,1H3. The van der Waals surface area contributed by atoms with Gasteiger partial charge in [-0.3, -0.25) is 0 Å². The Morgan fingerprint density at radius 1 is 1.14 bits per heavy atom. The Labute approximate surface area is 129 Å². The molecule has 22 heavy (non-hydrogen) atoms. The number of thiazole rings is 1. The molecule has 3 aromatic rings. The molecule has 3 nitrogen and oxygen atoms in total. The van der Waals surface area contributed by atoms with Gasteiger partial charge in [-0.05, 0) is 18.2 Å². The average Bonchev–Trinajstić information content (AvgIpc) is 2.99. The van der Waals surface area contributed by atoms with Crippen LogP contribution in [0.2, 0.25) is 0 Å². The van der Waals surface area contributed by atoms with Gasteiger partial charge in [0, 0.05) is 5.56 Å². The lowest BCUT2D eigenvalue weighted by molar-refractivity contribution is 0.0376. The fraction of sp³-hybridized carbons (Fsp3) is 0.125. The summed E-state index contributed by atoms with van der Waals surface area (Å²) in [5.74, 6) is -4.16. The molecule has 0 atom stereocenters. The first-order valence-corrected chi connectivity index (χ1v) is 7.27. The third-order valence-electron chi connectivity index (χ3n) is 3.23. The summed E-state index contributed by atoms with van der Waals surface area (Å²) in [5, 5.41) is -0.343. The molecule has 0 fully saturated rings. The quantitative estimate of drug-likeness (QED) is 0.678. The van der Waals surface area contributed by atoms with Crippen molar-refractivity contribution in [3.05, 3.63) is 64.7 Å². The molecule has 0 aliphatic carbocycles. The summed E-state index contributed by atoms with van der Waals surface area (Å²) in [6, 6.07) is 12.4. The normalized spacial score (nSPS) is 11.6. The van der Waals surface area contributed by atoms with E-state index in [0.717, 1.165) is 18.4 Å². The number of nitrogens with zero attached hydrogens (tertiary/aromatic N) is 1. The molecule has 6 heteroatoms. The zero-order valence-corrected chi connectivity index (χ0v) is 12.4. The average molecular weight is 319 g/mol. The molecule has 0 saturated carbocycles. The summed E-state index contributed by atoms with van der Waals surface area (Å²) in [5.41, 5.74) is -0.0483. The molecule has 112 valence electrons. The minimum absolute atomic E-state index is 0.158. The molecule has 2 aromatic carbocycles. The number of alkyl halides is 2. The Morgan fingerprint density at radius 3 is 2.55 bits per heavy atom. The van der Waals surface area contributed by atoms with Gasteiger partial charge in [-0.15, -0.1) is 11.3 Å². The highest BCUT2D eigenvalue weighted by Crippen LogP contribution is 2.41. The highest BCUT2D eigenvalue weighted by Gasteiger charge is 2.40. The van der Waals surface area contributed by atoms with Gasteiger partial charge < -0.3 is 4.74 Å². The van der Waals surface area contributed by atoms with Crippen LogP contribution < -0.4 is 0 Å². The largest absolute Gasteiger partial charge is 0.465 e. The summed E-state index contributed by atoms with van der Waals surface area (Å²) in [4.78, 5) is 15.7. The fourth-order valence-corrected chi connectivity index (χ4v) is 3.12. The SMILES string of the molecule is COC(=O)c1ccccc1C(F)(F)c1nc2ccccc2s1. The summed E-state index contributed by atoms with van der Waals surface area (Å²) < 4.78 is 34.9. The fourth-order valence-electron chi connectivity index (χ4n) is 2.17. The number of carbonyl (C=O) groups is 1. The minimum Gasteiger partial charge on any atom is -0.465 e. The van der Waals surface area contributed by atoms with Crippen LogP contribution in [0.15, 0.2) is 48.5 Å². The molecule has 3 rings (SSSR count). The van der Waals surface area contributed by atoms with Crippen molar-refractivity contribution in [2.45, 2.75) is 5.92 Å². The van der Waals surface area contributed by atoms with Crippen molar-refractivity contribution in [2.75, 3.05) is 7.11 Å². The van der Waals surface area contributed by atoms with Gasteiger partial charge in [0.15, 0.2) is 5.01 Å². The molecule has 0 unspecified atom stereocenters. The van der Waals surface area contributed by atoms with Crippen molar-refractivity contribution in [3.63, 3.8) is 0 Å². The van der Waals surface area contributed by atoms with Crippen LogP contribution in [0.1, 0.15) is 20.9 Å². The number of hydrogen-bond donors (Lipinski definition) is 0. The van der Waals surface area contributed by atoms with Crippen LogP contribution in [-0.2, 0) is 10.7 Å². The van der Waals surface area contributed by atoms with Crippen molar-refractivity contribution in [2.24, 2.45) is 0 Å². The van der Waals surface area contributed by atoms with Crippen LogP contribution in [0.3, 0.4) is 0 Å². The van der Waals surface area contributed by atoms with Gasteiger partial charge in [-0.1, -0.05) is 30.3 Å². The maximum absolute atomic E-state index is 14.8. The van der Waals surface area contributed by atoms with E-state index in [1.54, 1.807) is 24.3 Å². The molecule has 0 bridgehead atoms. The van der Waals surface area contributed by atoms with Gasteiger partial charge in [-0.25, -0.2) is 9.78 Å². The Hall–Kier alpha value is -2.34. The second kappa shape index (κ2) is 5.46. The van der Waals surface area contributed by atoms with Crippen molar-refractivity contribution >= 4 is 27.5 Å². The summed E-state index contributed by atoms with van der Waals surface area (Å²) >= 11 is 0.914. The number of para-hydroxylation sites is 1. The van der Waals surface area contributed by atoms with E-state index in [0.29, 0.717) is 10.2 Å². The minimum atomic E-state index is -3.37. The van der Waals surface area contributed by atoms with Crippen LogP contribution in [0.4, 0.5) is 8.78 Å². The molecule has 0 aliphatic rings. The highest BCUT2D eigenvalue weighted by molar-refractivity contribution is 7.18. The number of aromatic nitrogens is 1. The van der Waals surface area contributed by atoms with Gasteiger partial charge in [0.2, 0.25) is 0 Å². The summed E-state index contributed by atoms with van der Waals surface area (Å²) in [6.45, 7) is 0. The van der Waals surface area contributed by atoms with Crippen LogP contribution in [0.5, 0.6) is 0 Å². The van der Waals surface area contributed by atoms with E-state index in [-0.39, 0.29) is 10.6 Å². The third kappa shape index (κ3) is 2.35. The third-order valence-corrected chi connectivity index (χ3v) is 4.34. The van der Waals surface area contributed by atoms with E-state index in [1.165, 1.54) is 24.3 Å². The predicted molar refractivity (Wildman–Crippen MR) is 80.4 cm³/mol. The van der Waals surface area contributed by atoms with E-state index in [1.807, 2.05) is 0 Å². The zero-order chi connectivity index (χ0) is 15.7. The lowest BCUT2D eigenvalue weighted by Gasteiger charge is -2.16. The number of ether oxygens (including phenoxy) is 1. The zero-order valence-electron chi connectivity index (χ0n) is 11.5. The first-order valence-electron chi connectivity index (χ1n) is 6.45. The van der Waals surface area contributed by atoms with Gasteiger partial charge in [0.1, 0.15) is 0 Å². The number of benzene rings is 2. The van der Waals surface area contributed by atoms with E-state index in [9.17, 15) is 13.6 Å². The lowest BCUT2D eigenvalue weighted by atomic mass is 10.0. The number of halogens is 2. The van der Waals surface area contributed by atoms with E-state index in [2.05, 4.69) is 9.72 Å². The number of rotatable bonds is 3. The van der Waals surface area contributed by atoms with Crippen molar-refractivity contribution in [1.82, 2.24) is 4.98 Å². The first kappa shape index (κ1) is 14.6. The Kier molecular flexibility index (Phi) is 3.62. The Balaban J connectivity index is 2.15. The molecule has 0 N–H and O–H groups in total. The molecular formula is C16H11F2NO2S. The van der Waals surface area contributed by atoms with Crippen LogP contribution in [0.25, 0.3) is 10.2 Å². The van der Waals surface area contributed by atoms with Gasteiger partial charge in [0.25, 0.3) is 0 Å². The predicted octanol–water partition coefficient (Wildman–Crippen LogP) is 4.22. The summed E-state index contributed by atoms with van der Waals surface area (Å²) in [6.07, 6.45) is 0.